The number of hydrogen-bond acceptors (Lipinski definition) is 0. The molecule has 106 valence electrons. The molecule has 0 atom stereocenters. The Kier molecular flexibility index (Phi) is 2.36. The smallest absolute Gasteiger partial charge is 0.0711 e. The third-order valence-corrected chi connectivity index (χ3v) is 4.92. The maximum Gasteiger partial charge on any atom is 0.0711 e. The number of nitrogens with one attached hydrogen (secondary N) is 2. The summed E-state index contributed by atoms with van der Waals surface area (Å²) in [6.07, 6.45) is 0. The van der Waals surface area contributed by atoms with E-state index >= 15 is 0 Å². The zero-order chi connectivity index (χ0) is 14.8. The summed E-state index contributed by atoms with van der Waals surface area (Å²) in [5, 5.41) is 5.89. The fraction of sp³-hybridized carbons (Fsp3) is 0. The normalized spacial score (nSPS) is 12.1. The molecule has 0 aliphatic carbocycles. The van der Waals surface area contributed by atoms with E-state index in [4.69, 9.17) is 23.2 Å². The van der Waals surface area contributed by atoms with Gasteiger partial charge in [-0.3, -0.25) is 0 Å². The summed E-state index contributed by atoms with van der Waals surface area (Å²) >= 11 is 12.8. The van der Waals surface area contributed by atoms with Crippen LogP contribution in [0.4, 0.5) is 0 Å². The molecule has 0 aliphatic heterocycles. The van der Waals surface area contributed by atoms with Crippen molar-refractivity contribution in [3.05, 3.63) is 58.6 Å². The van der Waals surface area contributed by atoms with Crippen molar-refractivity contribution in [1.82, 2.24) is 9.97 Å². The lowest BCUT2D eigenvalue weighted by atomic mass is 10.1. The highest BCUT2D eigenvalue weighted by Gasteiger charge is 2.14. The highest BCUT2D eigenvalue weighted by Crippen LogP contribution is 2.38. The summed E-state index contributed by atoms with van der Waals surface area (Å²) in [6, 6.07) is 16.1. The minimum atomic E-state index is 0.761. The molecule has 2 heterocycles. The molecule has 0 spiro atoms. The monoisotopic (exact) mass is 324 g/mol. The van der Waals surface area contributed by atoms with E-state index in [-0.39, 0.29) is 0 Å². The molecule has 0 unspecified atom stereocenters. The summed E-state index contributed by atoms with van der Waals surface area (Å²) < 4.78 is 0. The van der Waals surface area contributed by atoms with Gasteiger partial charge in [-0.15, -0.1) is 0 Å². The van der Waals surface area contributed by atoms with Gasteiger partial charge in [0.15, 0.2) is 0 Å². The van der Waals surface area contributed by atoms with Crippen LogP contribution >= 0.6 is 23.2 Å². The number of halogens is 2. The molecule has 2 N–H and O–H groups in total. The molecule has 0 bridgehead atoms. The van der Waals surface area contributed by atoms with Crippen LogP contribution in [0.15, 0.2) is 48.5 Å². The molecule has 0 radical (unpaired) electrons. The van der Waals surface area contributed by atoms with Gasteiger partial charge < -0.3 is 9.97 Å². The predicted octanol–water partition coefficient (Wildman–Crippen LogP) is 6.26. The summed E-state index contributed by atoms with van der Waals surface area (Å²) in [5.74, 6) is 0. The highest BCUT2D eigenvalue weighted by atomic mass is 35.5. The molecule has 0 fully saturated rings. The van der Waals surface area contributed by atoms with Crippen LogP contribution in [0.2, 0.25) is 10.0 Å². The Morgan fingerprint density at radius 2 is 1.05 bits per heavy atom. The van der Waals surface area contributed by atoms with Gasteiger partial charge in [0.05, 0.1) is 21.1 Å². The highest BCUT2D eigenvalue weighted by molar-refractivity contribution is 6.40. The maximum absolute atomic E-state index is 6.38. The third kappa shape index (κ3) is 1.46. The fourth-order valence-corrected chi connectivity index (χ4v) is 3.91. The number of aromatic amines is 2. The first-order valence-corrected chi connectivity index (χ1v) is 7.78. The van der Waals surface area contributed by atoms with Gasteiger partial charge in [0, 0.05) is 32.6 Å². The second kappa shape index (κ2) is 4.19. The molecule has 22 heavy (non-hydrogen) atoms. The Morgan fingerprint density at radius 1 is 0.591 bits per heavy atom. The van der Waals surface area contributed by atoms with E-state index in [1.807, 2.05) is 36.4 Å². The fourth-order valence-electron chi connectivity index (χ4n) is 3.35. The first-order chi connectivity index (χ1) is 10.7. The number of rotatable bonds is 0. The maximum atomic E-state index is 6.38. The number of H-pyrrole nitrogens is 2. The molecule has 0 saturated heterocycles. The van der Waals surface area contributed by atoms with Gasteiger partial charge in [0.25, 0.3) is 0 Å². The van der Waals surface area contributed by atoms with E-state index in [0.29, 0.717) is 0 Å². The molecule has 3 aromatic carbocycles. The van der Waals surface area contributed by atoms with Crippen molar-refractivity contribution in [2.75, 3.05) is 0 Å². The van der Waals surface area contributed by atoms with Crippen molar-refractivity contribution in [1.29, 1.82) is 0 Å². The lowest BCUT2D eigenvalue weighted by molar-refractivity contribution is 1.51. The van der Waals surface area contributed by atoms with Gasteiger partial charge in [-0.1, -0.05) is 47.5 Å². The van der Waals surface area contributed by atoms with Crippen molar-refractivity contribution in [2.45, 2.75) is 0 Å². The van der Waals surface area contributed by atoms with Gasteiger partial charge in [-0.25, -0.2) is 0 Å². The standard InChI is InChI=1S/C18H10Cl2N2/c19-11-3-1-5-13-15(11)9-7-8-10-16-12(20)4-2-6-14(16)22-18(10)17(9)21-13/h1-8,21-22H. The average Bonchev–Trinajstić information content (AvgIpc) is 3.06. The number of hydrogen-bond donors (Lipinski definition) is 2. The minimum Gasteiger partial charge on any atom is -0.353 e. The van der Waals surface area contributed by atoms with Gasteiger partial charge in [-0.05, 0) is 24.3 Å². The van der Waals surface area contributed by atoms with E-state index in [0.717, 1.165) is 53.7 Å². The Labute approximate surface area is 135 Å². The molecule has 5 aromatic rings. The molecule has 5 rings (SSSR count). The van der Waals surface area contributed by atoms with Gasteiger partial charge in [0.1, 0.15) is 0 Å². The quantitative estimate of drug-likeness (QED) is 0.337. The molecular formula is C18H10Cl2N2. The van der Waals surface area contributed by atoms with E-state index in [9.17, 15) is 0 Å². The zero-order valence-corrected chi connectivity index (χ0v) is 12.9. The van der Waals surface area contributed by atoms with E-state index in [1.165, 1.54) is 0 Å². The molecule has 4 heteroatoms. The van der Waals surface area contributed by atoms with Crippen LogP contribution in [0.1, 0.15) is 0 Å². The lowest BCUT2D eigenvalue weighted by Gasteiger charge is -1.96. The second-order valence-electron chi connectivity index (χ2n) is 5.49. The van der Waals surface area contributed by atoms with Crippen LogP contribution in [-0.4, -0.2) is 9.97 Å². The summed E-state index contributed by atoms with van der Waals surface area (Å²) in [5.41, 5.74) is 4.21. The van der Waals surface area contributed by atoms with Gasteiger partial charge in [-0.2, -0.15) is 0 Å². The van der Waals surface area contributed by atoms with E-state index in [1.54, 1.807) is 0 Å². The largest absolute Gasteiger partial charge is 0.353 e. The SMILES string of the molecule is Clc1cccc2[nH]c3c(ccc4c3[nH]c3cccc(Cl)c34)c12. The van der Waals surface area contributed by atoms with Crippen molar-refractivity contribution in [2.24, 2.45) is 0 Å². The Morgan fingerprint density at radius 3 is 1.50 bits per heavy atom. The zero-order valence-electron chi connectivity index (χ0n) is 11.4. The van der Waals surface area contributed by atoms with Crippen molar-refractivity contribution >= 4 is 66.8 Å². The number of fused-ring (bicyclic) bond motifs is 7. The molecular weight excluding hydrogens is 315 g/mol. The van der Waals surface area contributed by atoms with Gasteiger partial charge in [0.2, 0.25) is 0 Å². The van der Waals surface area contributed by atoms with Gasteiger partial charge >= 0.3 is 0 Å². The topological polar surface area (TPSA) is 31.6 Å². The second-order valence-corrected chi connectivity index (χ2v) is 6.30. The predicted molar refractivity (Wildman–Crippen MR) is 95.2 cm³/mol. The van der Waals surface area contributed by atoms with Crippen LogP contribution in [0.25, 0.3) is 43.6 Å². The summed E-state index contributed by atoms with van der Waals surface area (Å²) in [4.78, 5) is 6.97. The summed E-state index contributed by atoms with van der Waals surface area (Å²) in [6.45, 7) is 0. The third-order valence-electron chi connectivity index (χ3n) is 4.29. The van der Waals surface area contributed by atoms with E-state index in [2.05, 4.69) is 22.1 Å². The Balaban J connectivity index is 2.09. The lowest BCUT2D eigenvalue weighted by Crippen LogP contribution is -1.72. The number of aromatic nitrogens is 2. The van der Waals surface area contributed by atoms with Crippen molar-refractivity contribution in [3.8, 4) is 0 Å². The first kappa shape index (κ1) is 12.4. The van der Waals surface area contributed by atoms with Crippen LogP contribution in [0, 0.1) is 0 Å². The van der Waals surface area contributed by atoms with Crippen LogP contribution in [0.5, 0.6) is 0 Å². The van der Waals surface area contributed by atoms with Crippen molar-refractivity contribution < 1.29 is 0 Å². The first-order valence-electron chi connectivity index (χ1n) is 7.03. The van der Waals surface area contributed by atoms with Crippen LogP contribution in [-0.2, 0) is 0 Å². The summed E-state index contributed by atoms with van der Waals surface area (Å²) in [7, 11) is 0. The molecule has 0 saturated carbocycles. The molecule has 2 nitrogen and oxygen atoms in total. The molecule has 0 aliphatic rings. The van der Waals surface area contributed by atoms with Crippen LogP contribution < -0.4 is 0 Å². The average molecular weight is 325 g/mol. The van der Waals surface area contributed by atoms with E-state index < -0.39 is 0 Å². The Hall–Kier alpha value is -2.16. The Bertz CT molecular complexity index is 1100. The molecule has 2 aromatic heterocycles. The molecule has 0 amide bonds. The number of benzene rings is 3. The van der Waals surface area contributed by atoms with Crippen LogP contribution in [0.3, 0.4) is 0 Å². The minimum absolute atomic E-state index is 0.761. The van der Waals surface area contributed by atoms with Crippen molar-refractivity contribution in [3.63, 3.8) is 0 Å².